The van der Waals surface area contributed by atoms with Gasteiger partial charge in [0.2, 0.25) is 5.91 Å². The molecule has 0 fully saturated rings. The zero-order valence-corrected chi connectivity index (χ0v) is 14.6. The molecule has 1 aromatic heterocycles. The monoisotopic (exact) mass is 367 g/mol. The Morgan fingerprint density at radius 3 is 2.56 bits per heavy atom. The van der Waals surface area contributed by atoms with E-state index in [4.69, 9.17) is 9.26 Å². The highest BCUT2D eigenvalue weighted by Crippen LogP contribution is 2.24. The molecular formula is C15H17N3O6S. The largest absolute Gasteiger partial charge is 0.495 e. The number of aryl methyl sites for hydroxylation is 1. The van der Waals surface area contributed by atoms with Crippen LogP contribution in [0.4, 0.5) is 5.82 Å². The number of amides is 2. The predicted octanol–water partition coefficient (Wildman–Crippen LogP) is 0.764. The number of aromatic nitrogens is 1. The van der Waals surface area contributed by atoms with Gasteiger partial charge < -0.3 is 19.9 Å². The van der Waals surface area contributed by atoms with Crippen molar-refractivity contribution in [2.45, 2.75) is 11.8 Å². The van der Waals surface area contributed by atoms with E-state index in [0.717, 1.165) is 6.26 Å². The van der Waals surface area contributed by atoms with E-state index in [1.807, 2.05) is 0 Å². The number of sulfone groups is 1. The number of hydrogen-bond donors (Lipinski definition) is 2. The van der Waals surface area contributed by atoms with Crippen molar-refractivity contribution < 1.29 is 27.3 Å². The number of ether oxygens (including phenoxy) is 1. The molecule has 0 radical (unpaired) electrons. The van der Waals surface area contributed by atoms with Crippen molar-refractivity contribution in [1.82, 2.24) is 10.5 Å². The smallest absolute Gasteiger partial charge is 0.251 e. The molecule has 2 N–H and O–H groups in total. The molecule has 0 saturated carbocycles. The maximum Gasteiger partial charge on any atom is 0.251 e. The minimum atomic E-state index is -3.57. The van der Waals surface area contributed by atoms with Gasteiger partial charge in [0.25, 0.3) is 5.91 Å². The summed E-state index contributed by atoms with van der Waals surface area (Å²) in [5.41, 5.74) is 0.0892. The van der Waals surface area contributed by atoms with E-state index < -0.39 is 21.7 Å². The van der Waals surface area contributed by atoms with Crippen LogP contribution in [0.3, 0.4) is 0 Å². The maximum atomic E-state index is 12.1. The molecule has 9 nitrogen and oxygen atoms in total. The molecule has 1 heterocycles. The van der Waals surface area contributed by atoms with E-state index in [-0.39, 0.29) is 28.6 Å². The normalized spacial score (nSPS) is 11.0. The molecule has 0 aliphatic carbocycles. The van der Waals surface area contributed by atoms with Crippen molar-refractivity contribution in [2.24, 2.45) is 0 Å². The fraction of sp³-hybridized carbons (Fsp3) is 0.267. The summed E-state index contributed by atoms with van der Waals surface area (Å²) in [5, 5.41) is 8.44. The van der Waals surface area contributed by atoms with Crippen molar-refractivity contribution in [3.63, 3.8) is 0 Å². The minimum absolute atomic E-state index is 0.0892. The number of nitrogens with zero attached hydrogens (tertiary/aromatic N) is 1. The van der Waals surface area contributed by atoms with Gasteiger partial charge in [-0.3, -0.25) is 9.59 Å². The van der Waals surface area contributed by atoms with Crippen molar-refractivity contribution in [3.05, 3.63) is 35.6 Å². The molecule has 0 spiro atoms. The second-order valence-electron chi connectivity index (χ2n) is 5.19. The van der Waals surface area contributed by atoms with Gasteiger partial charge in [-0.2, -0.15) is 0 Å². The Bertz CT molecular complexity index is 904. The lowest BCUT2D eigenvalue weighted by atomic mass is 10.2. The number of anilines is 1. The van der Waals surface area contributed by atoms with E-state index in [1.165, 1.54) is 31.4 Å². The van der Waals surface area contributed by atoms with Gasteiger partial charge in [0.05, 0.1) is 13.7 Å². The molecule has 0 atom stereocenters. The zero-order chi connectivity index (χ0) is 18.6. The molecule has 0 aliphatic rings. The molecule has 0 saturated heterocycles. The average Bonchev–Trinajstić information content (AvgIpc) is 2.96. The average molecular weight is 367 g/mol. The van der Waals surface area contributed by atoms with Gasteiger partial charge in [0.1, 0.15) is 16.4 Å². The summed E-state index contributed by atoms with van der Waals surface area (Å²) in [6, 6.07) is 5.51. The first-order valence-corrected chi connectivity index (χ1v) is 8.99. The van der Waals surface area contributed by atoms with Crippen LogP contribution in [-0.4, -0.2) is 45.3 Å². The molecule has 134 valence electrons. The van der Waals surface area contributed by atoms with E-state index in [2.05, 4.69) is 15.8 Å². The van der Waals surface area contributed by atoms with E-state index in [1.54, 1.807) is 6.92 Å². The SMILES string of the molecule is COc1ccc(C(=O)NCC(=O)Nc2cc(C)on2)cc1S(C)(=O)=O. The van der Waals surface area contributed by atoms with Crippen LogP contribution in [0.1, 0.15) is 16.1 Å². The fourth-order valence-corrected chi connectivity index (χ4v) is 2.84. The lowest BCUT2D eigenvalue weighted by Crippen LogP contribution is -2.33. The summed E-state index contributed by atoms with van der Waals surface area (Å²) < 4.78 is 33.3. The van der Waals surface area contributed by atoms with Gasteiger partial charge in [-0.05, 0) is 25.1 Å². The number of methoxy groups -OCH3 is 1. The second kappa shape index (κ2) is 7.34. The van der Waals surface area contributed by atoms with Crippen LogP contribution < -0.4 is 15.4 Å². The predicted molar refractivity (Wildman–Crippen MR) is 88.3 cm³/mol. The molecule has 0 bridgehead atoms. The molecule has 25 heavy (non-hydrogen) atoms. The Balaban J connectivity index is 2.04. The number of rotatable bonds is 6. The van der Waals surface area contributed by atoms with Crippen LogP contribution in [-0.2, 0) is 14.6 Å². The van der Waals surface area contributed by atoms with E-state index in [0.29, 0.717) is 5.76 Å². The van der Waals surface area contributed by atoms with Gasteiger partial charge >= 0.3 is 0 Å². The summed E-state index contributed by atoms with van der Waals surface area (Å²) >= 11 is 0. The minimum Gasteiger partial charge on any atom is -0.495 e. The maximum absolute atomic E-state index is 12.1. The lowest BCUT2D eigenvalue weighted by molar-refractivity contribution is -0.115. The number of hydrogen-bond acceptors (Lipinski definition) is 7. The summed E-state index contributed by atoms with van der Waals surface area (Å²) in [7, 11) is -2.24. The van der Waals surface area contributed by atoms with Crippen LogP contribution in [0, 0.1) is 6.92 Å². The molecule has 2 aromatic rings. The highest BCUT2D eigenvalue weighted by atomic mass is 32.2. The van der Waals surface area contributed by atoms with Gasteiger partial charge in [-0.15, -0.1) is 0 Å². The molecule has 2 rings (SSSR count). The number of carbonyl (C=O) groups is 2. The quantitative estimate of drug-likeness (QED) is 0.771. The Hall–Kier alpha value is -2.88. The topological polar surface area (TPSA) is 128 Å². The first kappa shape index (κ1) is 18.5. The fourth-order valence-electron chi connectivity index (χ4n) is 1.98. The third-order valence-corrected chi connectivity index (χ3v) is 4.25. The summed E-state index contributed by atoms with van der Waals surface area (Å²) in [5.74, 6) is -0.192. The van der Waals surface area contributed by atoms with Crippen LogP contribution >= 0.6 is 0 Å². The Morgan fingerprint density at radius 1 is 1.28 bits per heavy atom. The molecule has 0 unspecified atom stereocenters. The molecule has 10 heteroatoms. The van der Waals surface area contributed by atoms with Crippen LogP contribution in [0.5, 0.6) is 5.75 Å². The van der Waals surface area contributed by atoms with Crippen LogP contribution in [0.2, 0.25) is 0 Å². The summed E-state index contributed by atoms with van der Waals surface area (Å²) in [6.45, 7) is 1.36. The molecular weight excluding hydrogens is 350 g/mol. The Kier molecular flexibility index (Phi) is 5.42. The van der Waals surface area contributed by atoms with Crippen molar-refractivity contribution in [3.8, 4) is 5.75 Å². The first-order valence-electron chi connectivity index (χ1n) is 7.10. The third-order valence-electron chi connectivity index (χ3n) is 3.13. The van der Waals surface area contributed by atoms with E-state index in [9.17, 15) is 18.0 Å². The van der Waals surface area contributed by atoms with Crippen LogP contribution in [0.15, 0.2) is 33.7 Å². The highest BCUT2D eigenvalue weighted by molar-refractivity contribution is 7.90. The summed E-state index contributed by atoms with van der Waals surface area (Å²) in [6.07, 6.45) is 1.01. The summed E-state index contributed by atoms with van der Waals surface area (Å²) in [4.78, 5) is 23.8. The lowest BCUT2D eigenvalue weighted by Gasteiger charge is -2.09. The number of benzene rings is 1. The molecule has 2 amide bonds. The Labute approximate surface area is 144 Å². The third kappa shape index (κ3) is 4.80. The second-order valence-corrected chi connectivity index (χ2v) is 7.18. The van der Waals surface area contributed by atoms with Crippen molar-refractivity contribution in [1.29, 1.82) is 0 Å². The van der Waals surface area contributed by atoms with E-state index >= 15 is 0 Å². The van der Waals surface area contributed by atoms with Gasteiger partial charge in [-0.1, -0.05) is 5.16 Å². The van der Waals surface area contributed by atoms with Crippen molar-refractivity contribution >= 4 is 27.5 Å². The van der Waals surface area contributed by atoms with Crippen LogP contribution in [0.25, 0.3) is 0 Å². The Morgan fingerprint density at radius 2 is 2.00 bits per heavy atom. The standard InChI is InChI=1S/C15H17N3O6S/c1-9-6-13(18-24-9)17-14(19)8-16-15(20)10-4-5-11(23-2)12(7-10)25(3,21)22/h4-7H,8H2,1-3H3,(H,16,20)(H,17,18,19). The van der Waals surface area contributed by atoms with Gasteiger partial charge in [0, 0.05) is 17.9 Å². The van der Waals surface area contributed by atoms with Gasteiger partial charge in [0.15, 0.2) is 15.7 Å². The number of nitrogens with one attached hydrogen (secondary N) is 2. The van der Waals surface area contributed by atoms with Crippen molar-refractivity contribution in [2.75, 3.05) is 25.2 Å². The zero-order valence-electron chi connectivity index (χ0n) is 13.8. The highest BCUT2D eigenvalue weighted by Gasteiger charge is 2.18. The number of carbonyl (C=O) groups excluding carboxylic acids is 2. The van der Waals surface area contributed by atoms with Gasteiger partial charge in [-0.25, -0.2) is 8.42 Å². The molecule has 0 aliphatic heterocycles. The first-order chi connectivity index (χ1) is 11.7. The molecule has 1 aromatic carbocycles.